The van der Waals surface area contributed by atoms with Crippen LogP contribution in [0.5, 0.6) is 11.5 Å². The van der Waals surface area contributed by atoms with Gasteiger partial charge < -0.3 is 14.8 Å². The topological polar surface area (TPSA) is 60.5 Å². The highest BCUT2D eigenvalue weighted by Crippen LogP contribution is 2.50. The first-order chi connectivity index (χ1) is 14.2. The van der Waals surface area contributed by atoms with Crippen LogP contribution in [-0.4, -0.2) is 25.0 Å². The summed E-state index contributed by atoms with van der Waals surface area (Å²) in [6.07, 6.45) is 4.13. The van der Waals surface area contributed by atoms with Crippen molar-refractivity contribution in [2.75, 3.05) is 19.5 Å². The molecule has 1 N–H and O–H groups in total. The van der Waals surface area contributed by atoms with Gasteiger partial charge in [-0.25, -0.2) is 0 Å². The first kappa shape index (κ1) is 17.7. The third-order valence-corrected chi connectivity index (χ3v) is 5.90. The lowest BCUT2D eigenvalue weighted by molar-refractivity contribution is -0.116. The molecule has 5 rings (SSSR count). The normalized spacial score (nSPS) is 18.1. The van der Waals surface area contributed by atoms with E-state index in [2.05, 4.69) is 22.4 Å². The number of carbonyl (C=O) groups is 1. The van der Waals surface area contributed by atoms with Gasteiger partial charge in [-0.15, -0.1) is 0 Å². The monoisotopic (exact) mass is 386 g/mol. The van der Waals surface area contributed by atoms with Crippen LogP contribution in [0.3, 0.4) is 0 Å². The van der Waals surface area contributed by atoms with Crippen LogP contribution in [0.2, 0.25) is 0 Å². The Morgan fingerprint density at radius 3 is 2.79 bits per heavy atom. The molecule has 5 nitrogen and oxygen atoms in total. The van der Waals surface area contributed by atoms with Crippen molar-refractivity contribution in [1.82, 2.24) is 4.98 Å². The fourth-order valence-corrected chi connectivity index (χ4v) is 4.60. The minimum atomic E-state index is -0.206. The second-order valence-corrected chi connectivity index (χ2v) is 7.43. The molecule has 0 saturated carbocycles. The molecular weight excluding hydrogens is 364 g/mol. The lowest BCUT2D eigenvalue weighted by atomic mass is 9.74. The van der Waals surface area contributed by atoms with E-state index < -0.39 is 0 Å². The fourth-order valence-electron chi connectivity index (χ4n) is 4.60. The lowest BCUT2D eigenvalue weighted by Crippen LogP contribution is -2.27. The summed E-state index contributed by atoms with van der Waals surface area (Å²) >= 11 is 0. The fraction of sp³-hybridized carbons (Fsp3) is 0.250. The molecule has 2 heterocycles. The molecular formula is C24H22N2O3. The maximum Gasteiger partial charge on any atom is 0.161 e. The number of nitrogens with one attached hydrogen (secondary N) is 1. The number of methoxy groups -OCH3 is 2. The zero-order valence-corrected chi connectivity index (χ0v) is 16.5. The van der Waals surface area contributed by atoms with E-state index in [1.807, 2.05) is 30.3 Å². The standard InChI is InChI=1S/C24H22N2O3/c1-28-14-8-9-16(21(13-14)29-2)23-22-15-5-4-12-25-17(15)10-11-19(22)26-18-6-3-7-20(27)24(18)23/h4-5,8-13,23,26H,3,6-7H2,1-2H3/t23-/m1/s1. The minimum Gasteiger partial charge on any atom is -0.497 e. The van der Waals surface area contributed by atoms with Crippen molar-refractivity contribution in [2.45, 2.75) is 25.2 Å². The Hall–Kier alpha value is -3.34. The zero-order valence-electron chi connectivity index (χ0n) is 16.5. The van der Waals surface area contributed by atoms with Gasteiger partial charge in [0, 0.05) is 52.5 Å². The smallest absolute Gasteiger partial charge is 0.161 e. The Balaban J connectivity index is 1.83. The summed E-state index contributed by atoms with van der Waals surface area (Å²) in [7, 11) is 3.29. The van der Waals surface area contributed by atoms with Gasteiger partial charge in [0.15, 0.2) is 5.78 Å². The third kappa shape index (κ3) is 2.77. The van der Waals surface area contributed by atoms with Crippen LogP contribution in [0.25, 0.3) is 10.9 Å². The number of ether oxygens (including phenoxy) is 2. The van der Waals surface area contributed by atoms with E-state index in [0.29, 0.717) is 12.2 Å². The minimum absolute atomic E-state index is 0.202. The zero-order chi connectivity index (χ0) is 20.0. The predicted molar refractivity (Wildman–Crippen MR) is 113 cm³/mol. The van der Waals surface area contributed by atoms with Crippen LogP contribution in [0, 0.1) is 0 Å². The van der Waals surface area contributed by atoms with E-state index in [1.165, 1.54) is 0 Å². The Labute approximate surface area is 169 Å². The molecule has 0 radical (unpaired) electrons. The first-order valence-corrected chi connectivity index (χ1v) is 9.84. The summed E-state index contributed by atoms with van der Waals surface area (Å²) in [5, 5.41) is 4.59. The van der Waals surface area contributed by atoms with Crippen molar-refractivity contribution in [3.05, 3.63) is 71.1 Å². The molecule has 3 aromatic rings. The molecule has 1 aliphatic carbocycles. The molecule has 0 saturated heterocycles. The number of allylic oxidation sites excluding steroid dienone is 2. The summed E-state index contributed by atoms with van der Waals surface area (Å²) in [6, 6.07) is 13.9. The second-order valence-electron chi connectivity index (χ2n) is 7.43. The van der Waals surface area contributed by atoms with E-state index in [9.17, 15) is 4.79 Å². The molecule has 29 heavy (non-hydrogen) atoms. The molecule has 146 valence electrons. The van der Waals surface area contributed by atoms with Gasteiger partial charge in [0.05, 0.1) is 19.7 Å². The van der Waals surface area contributed by atoms with Crippen molar-refractivity contribution in [3.63, 3.8) is 0 Å². The SMILES string of the molecule is COc1ccc([C@H]2C3=C(CCCC3=O)Nc3ccc4ncccc4c32)c(OC)c1. The number of pyridine rings is 1. The van der Waals surface area contributed by atoms with Crippen molar-refractivity contribution in [1.29, 1.82) is 0 Å². The summed E-state index contributed by atoms with van der Waals surface area (Å²) < 4.78 is 11.1. The highest BCUT2D eigenvalue weighted by Gasteiger charge is 2.37. The average Bonchev–Trinajstić information content (AvgIpc) is 2.77. The molecule has 0 spiro atoms. The number of hydrogen-bond donors (Lipinski definition) is 1. The van der Waals surface area contributed by atoms with Gasteiger partial charge in [0.25, 0.3) is 0 Å². The van der Waals surface area contributed by atoms with Crippen LogP contribution in [0.1, 0.15) is 36.3 Å². The van der Waals surface area contributed by atoms with Gasteiger partial charge in [-0.05, 0) is 42.7 Å². The molecule has 1 atom stereocenters. The Kier molecular flexibility index (Phi) is 4.23. The van der Waals surface area contributed by atoms with Crippen LogP contribution in [0.4, 0.5) is 5.69 Å². The Bertz CT molecular complexity index is 1170. The lowest BCUT2D eigenvalue weighted by Gasteiger charge is -2.35. The predicted octanol–water partition coefficient (Wildman–Crippen LogP) is 4.82. The number of aromatic nitrogens is 1. The number of carbonyl (C=O) groups excluding carboxylic acids is 1. The highest BCUT2D eigenvalue weighted by molar-refractivity contribution is 6.03. The van der Waals surface area contributed by atoms with Crippen molar-refractivity contribution >= 4 is 22.4 Å². The largest absolute Gasteiger partial charge is 0.497 e. The van der Waals surface area contributed by atoms with Crippen LogP contribution in [-0.2, 0) is 4.79 Å². The van der Waals surface area contributed by atoms with E-state index >= 15 is 0 Å². The quantitative estimate of drug-likeness (QED) is 0.700. The van der Waals surface area contributed by atoms with Gasteiger partial charge >= 0.3 is 0 Å². The molecule has 1 aromatic heterocycles. The number of hydrogen-bond acceptors (Lipinski definition) is 5. The van der Waals surface area contributed by atoms with Gasteiger partial charge in [-0.1, -0.05) is 12.1 Å². The van der Waals surface area contributed by atoms with Crippen LogP contribution < -0.4 is 14.8 Å². The van der Waals surface area contributed by atoms with E-state index in [0.717, 1.165) is 57.6 Å². The number of Topliss-reactive ketones (excluding diaryl/α,β-unsaturated/α-hetero) is 1. The maximum absolute atomic E-state index is 13.1. The van der Waals surface area contributed by atoms with E-state index in [-0.39, 0.29) is 11.7 Å². The number of benzene rings is 2. The van der Waals surface area contributed by atoms with Gasteiger partial charge in [-0.3, -0.25) is 9.78 Å². The molecule has 0 unspecified atom stereocenters. The number of anilines is 1. The van der Waals surface area contributed by atoms with Crippen molar-refractivity contribution in [2.24, 2.45) is 0 Å². The maximum atomic E-state index is 13.1. The van der Waals surface area contributed by atoms with Crippen molar-refractivity contribution in [3.8, 4) is 11.5 Å². The van der Waals surface area contributed by atoms with Gasteiger partial charge in [0.1, 0.15) is 11.5 Å². The first-order valence-electron chi connectivity index (χ1n) is 9.84. The molecule has 2 aromatic carbocycles. The Morgan fingerprint density at radius 1 is 1.07 bits per heavy atom. The Morgan fingerprint density at radius 2 is 1.97 bits per heavy atom. The van der Waals surface area contributed by atoms with Crippen LogP contribution >= 0.6 is 0 Å². The molecule has 1 aliphatic heterocycles. The molecule has 0 fully saturated rings. The van der Waals surface area contributed by atoms with Gasteiger partial charge in [-0.2, -0.15) is 0 Å². The molecule has 0 bridgehead atoms. The summed E-state index contributed by atoms with van der Waals surface area (Å²) in [6.45, 7) is 0. The number of ketones is 1. The second kappa shape index (κ2) is 6.92. The third-order valence-electron chi connectivity index (χ3n) is 5.90. The number of nitrogens with zero attached hydrogens (tertiary/aromatic N) is 1. The average molecular weight is 386 g/mol. The summed E-state index contributed by atoms with van der Waals surface area (Å²) in [5.41, 5.74) is 5.87. The number of rotatable bonds is 3. The summed E-state index contributed by atoms with van der Waals surface area (Å²) in [4.78, 5) is 17.6. The van der Waals surface area contributed by atoms with E-state index in [4.69, 9.17) is 9.47 Å². The highest BCUT2D eigenvalue weighted by atomic mass is 16.5. The summed E-state index contributed by atoms with van der Waals surface area (Å²) in [5.74, 6) is 1.44. The van der Waals surface area contributed by atoms with Gasteiger partial charge in [0.2, 0.25) is 0 Å². The van der Waals surface area contributed by atoms with E-state index in [1.54, 1.807) is 20.4 Å². The molecule has 2 aliphatic rings. The number of fused-ring (bicyclic) bond motifs is 3. The van der Waals surface area contributed by atoms with Crippen molar-refractivity contribution < 1.29 is 14.3 Å². The molecule has 5 heteroatoms. The molecule has 0 amide bonds. The van der Waals surface area contributed by atoms with Crippen LogP contribution in [0.15, 0.2) is 59.9 Å².